The summed E-state index contributed by atoms with van der Waals surface area (Å²) < 4.78 is 54.0. The van der Waals surface area contributed by atoms with Crippen molar-refractivity contribution in [2.45, 2.75) is 47.9 Å². The highest BCUT2D eigenvalue weighted by Crippen LogP contribution is 2.34. The number of nitrogens with zero attached hydrogens (tertiary/aromatic N) is 1. The van der Waals surface area contributed by atoms with Crippen molar-refractivity contribution in [3.63, 3.8) is 0 Å². The van der Waals surface area contributed by atoms with E-state index in [0.29, 0.717) is 16.6 Å². The molecular weight excluding hydrogens is 429 g/mol. The molecule has 1 fully saturated rings. The van der Waals surface area contributed by atoms with Crippen LogP contribution in [0.2, 0.25) is 10.0 Å². The fourth-order valence-electron chi connectivity index (χ4n) is 3.25. The van der Waals surface area contributed by atoms with E-state index in [9.17, 15) is 16.8 Å². The molecule has 0 aliphatic heterocycles. The van der Waals surface area contributed by atoms with Crippen molar-refractivity contribution in [2.24, 2.45) is 0 Å². The van der Waals surface area contributed by atoms with Crippen LogP contribution in [0, 0.1) is 0 Å². The zero-order valence-electron chi connectivity index (χ0n) is 14.4. The van der Waals surface area contributed by atoms with Crippen LogP contribution < -0.4 is 0 Å². The predicted octanol–water partition coefficient (Wildman–Crippen LogP) is 4.71. The highest BCUT2D eigenvalue weighted by atomic mass is 35.5. The lowest BCUT2D eigenvalue weighted by Crippen LogP contribution is -2.45. The summed E-state index contributed by atoms with van der Waals surface area (Å²) in [7, 11) is -8.60. The molecule has 0 atom stereocenters. The van der Waals surface area contributed by atoms with Crippen LogP contribution in [0.5, 0.6) is 0 Å². The molecule has 1 saturated carbocycles. The summed E-state index contributed by atoms with van der Waals surface area (Å²) in [5.74, 6) is 0. The van der Waals surface area contributed by atoms with Crippen LogP contribution in [0.3, 0.4) is 0 Å². The van der Waals surface area contributed by atoms with Crippen molar-refractivity contribution in [3.8, 4) is 0 Å². The first-order chi connectivity index (χ1) is 12.7. The second-order valence-electron chi connectivity index (χ2n) is 6.42. The van der Waals surface area contributed by atoms with Gasteiger partial charge in [0.1, 0.15) is 0 Å². The van der Waals surface area contributed by atoms with Crippen molar-refractivity contribution >= 4 is 43.2 Å². The Morgan fingerprint density at radius 3 is 1.93 bits per heavy atom. The van der Waals surface area contributed by atoms with E-state index in [4.69, 9.17) is 23.2 Å². The second-order valence-corrected chi connectivity index (χ2v) is 11.1. The monoisotopic (exact) mass is 447 g/mol. The molecule has 27 heavy (non-hydrogen) atoms. The van der Waals surface area contributed by atoms with Crippen molar-refractivity contribution in [2.75, 3.05) is 0 Å². The minimum Gasteiger partial charge on any atom is -0.206 e. The number of hydrogen-bond acceptors (Lipinski definition) is 4. The topological polar surface area (TPSA) is 71.5 Å². The minimum atomic E-state index is -4.34. The SMILES string of the molecule is O=S(=O)(c1ccccc1)N(C1CCCCC1)S(=O)(=O)c1ccc(Cl)c(Cl)c1. The highest BCUT2D eigenvalue weighted by molar-refractivity contribution is 8.04. The molecule has 1 aliphatic carbocycles. The van der Waals surface area contributed by atoms with Crippen molar-refractivity contribution < 1.29 is 16.8 Å². The van der Waals surface area contributed by atoms with E-state index >= 15 is 0 Å². The zero-order valence-corrected chi connectivity index (χ0v) is 17.5. The minimum absolute atomic E-state index is 0.0541. The van der Waals surface area contributed by atoms with Crippen LogP contribution in [-0.4, -0.2) is 26.6 Å². The molecule has 0 aromatic heterocycles. The predicted molar refractivity (Wildman–Crippen MR) is 106 cm³/mol. The lowest BCUT2D eigenvalue weighted by Gasteiger charge is -2.32. The third-order valence-corrected chi connectivity index (χ3v) is 9.75. The Labute approximate surface area is 170 Å². The lowest BCUT2D eigenvalue weighted by molar-refractivity contribution is 0.328. The third kappa shape index (κ3) is 4.17. The van der Waals surface area contributed by atoms with Gasteiger partial charge >= 0.3 is 0 Å². The number of halogens is 2. The van der Waals surface area contributed by atoms with E-state index in [1.54, 1.807) is 18.2 Å². The normalized spacial score (nSPS) is 16.6. The summed E-state index contributed by atoms with van der Waals surface area (Å²) in [4.78, 5) is -0.249. The van der Waals surface area contributed by atoms with Gasteiger partial charge in [-0.15, -0.1) is 0 Å². The molecule has 1 aliphatic rings. The van der Waals surface area contributed by atoms with Gasteiger partial charge in [-0.25, -0.2) is 16.8 Å². The van der Waals surface area contributed by atoms with E-state index in [-0.39, 0.29) is 19.8 Å². The summed E-state index contributed by atoms with van der Waals surface area (Å²) in [5, 5.41) is 0.254. The molecule has 0 N–H and O–H groups in total. The van der Waals surface area contributed by atoms with Gasteiger partial charge in [0.15, 0.2) is 0 Å². The summed E-state index contributed by atoms with van der Waals surface area (Å²) >= 11 is 11.9. The molecule has 0 amide bonds. The van der Waals surface area contributed by atoms with Gasteiger partial charge in [-0.05, 0) is 43.2 Å². The molecule has 0 saturated heterocycles. The maximum Gasteiger partial charge on any atom is 0.256 e. The van der Waals surface area contributed by atoms with Crippen LogP contribution in [0.15, 0.2) is 58.3 Å². The molecule has 0 radical (unpaired) electrons. The van der Waals surface area contributed by atoms with Gasteiger partial charge < -0.3 is 0 Å². The Morgan fingerprint density at radius 1 is 0.741 bits per heavy atom. The highest BCUT2D eigenvalue weighted by Gasteiger charge is 2.42. The molecule has 5 nitrogen and oxygen atoms in total. The van der Waals surface area contributed by atoms with Gasteiger partial charge in [-0.2, -0.15) is 0 Å². The molecule has 2 aromatic rings. The van der Waals surface area contributed by atoms with Crippen LogP contribution in [0.4, 0.5) is 0 Å². The summed E-state index contributed by atoms with van der Waals surface area (Å²) in [5.41, 5.74) is 0. The first-order valence-electron chi connectivity index (χ1n) is 8.54. The first-order valence-corrected chi connectivity index (χ1v) is 12.2. The second kappa shape index (κ2) is 8.09. The maximum absolute atomic E-state index is 13.4. The molecule has 146 valence electrons. The van der Waals surface area contributed by atoms with Gasteiger partial charge in [-0.3, -0.25) is 0 Å². The molecule has 2 aromatic carbocycles. The van der Waals surface area contributed by atoms with E-state index in [1.165, 1.54) is 30.3 Å². The average molecular weight is 448 g/mol. The number of benzene rings is 2. The van der Waals surface area contributed by atoms with Gasteiger partial charge in [0, 0.05) is 6.04 Å². The van der Waals surface area contributed by atoms with E-state index < -0.39 is 26.1 Å². The molecule has 0 bridgehead atoms. The van der Waals surface area contributed by atoms with Gasteiger partial charge in [-0.1, -0.05) is 64.4 Å². The molecule has 9 heteroatoms. The van der Waals surface area contributed by atoms with Crippen LogP contribution in [-0.2, 0) is 20.0 Å². The maximum atomic E-state index is 13.4. The Balaban J connectivity index is 2.16. The number of rotatable bonds is 5. The van der Waals surface area contributed by atoms with E-state index in [1.807, 2.05) is 0 Å². The van der Waals surface area contributed by atoms with Crippen molar-refractivity contribution in [1.29, 1.82) is 0 Å². The first kappa shape index (κ1) is 20.6. The van der Waals surface area contributed by atoms with Crippen LogP contribution in [0.1, 0.15) is 32.1 Å². The Hall–Kier alpha value is -1.12. The molecule has 0 heterocycles. The van der Waals surface area contributed by atoms with Crippen LogP contribution >= 0.6 is 23.2 Å². The quantitative estimate of drug-likeness (QED) is 0.665. The van der Waals surface area contributed by atoms with Gasteiger partial charge in [0.25, 0.3) is 20.0 Å². The fourth-order valence-corrected chi connectivity index (χ4v) is 7.79. The van der Waals surface area contributed by atoms with Crippen molar-refractivity contribution in [1.82, 2.24) is 3.71 Å². The fraction of sp³-hybridized carbons (Fsp3) is 0.333. The largest absolute Gasteiger partial charge is 0.256 e. The zero-order chi connectivity index (χ0) is 19.7. The van der Waals surface area contributed by atoms with Crippen LogP contribution in [0.25, 0.3) is 0 Å². The average Bonchev–Trinajstić information content (AvgIpc) is 2.65. The molecule has 0 unspecified atom stereocenters. The van der Waals surface area contributed by atoms with E-state index in [2.05, 4.69) is 0 Å². The lowest BCUT2D eigenvalue weighted by atomic mass is 9.96. The molecular formula is C18H19Cl2NO4S2. The van der Waals surface area contributed by atoms with Gasteiger partial charge in [0.2, 0.25) is 0 Å². The summed E-state index contributed by atoms with van der Waals surface area (Å²) in [6.07, 6.45) is 3.51. The Morgan fingerprint density at radius 2 is 1.33 bits per heavy atom. The summed E-state index contributed by atoms with van der Waals surface area (Å²) in [6, 6.07) is 10.8. The smallest absolute Gasteiger partial charge is 0.206 e. The summed E-state index contributed by atoms with van der Waals surface area (Å²) in [6.45, 7) is 0. The molecule has 3 rings (SSSR count). The number of sulfonamides is 2. The third-order valence-electron chi connectivity index (χ3n) is 4.58. The number of hydrogen-bond donors (Lipinski definition) is 0. The van der Waals surface area contributed by atoms with E-state index in [0.717, 1.165) is 19.3 Å². The Kier molecular flexibility index (Phi) is 6.17. The Bertz CT molecular complexity index is 1020. The van der Waals surface area contributed by atoms with Crippen molar-refractivity contribution in [3.05, 3.63) is 58.6 Å². The molecule has 0 spiro atoms. The van der Waals surface area contributed by atoms with Gasteiger partial charge in [0.05, 0.1) is 19.8 Å². The standard InChI is InChI=1S/C18H19Cl2NO4S2/c19-17-12-11-16(13-18(17)20)27(24,25)21(14-7-3-1-4-8-14)26(22,23)15-9-5-2-6-10-15/h2,5-6,9-14H,1,3-4,7-8H2.